The highest BCUT2D eigenvalue weighted by Gasteiger charge is 2.09. The second-order valence-corrected chi connectivity index (χ2v) is 3.47. The van der Waals surface area contributed by atoms with Gasteiger partial charge in [-0.3, -0.25) is 19.7 Å². The molecule has 0 amide bonds. The summed E-state index contributed by atoms with van der Waals surface area (Å²) in [7, 11) is 0. The molecule has 0 aliphatic rings. The smallest absolute Gasteiger partial charge is 0.303 e. The number of non-ortho nitro benzene ring substituents is 1. The van der Waals surface area contributed by atoms with Crippen LogP contribution >= 0.6 is 0 Å². The van der Waals surface area contributed by atoms with Crippen LogP contribution in [0.15, 0.2) is 24.3 Å². The molecule has 1 N–H and O–H groups in total. The van der Waals surface area contributed by atoms with Gasteiger partial charge in [0.2, 0.25) is 0 Å². The maximum absolute atomic E-state index is 11.5. The Kier molecular flexibility index (Phi) is 4.33. The first-order valence-corrected chi connectivity index (χ1v) is 5.00. The summed E-state index contributed by atoms with van der Waals surface area (Å²) in [4.78, 5) is 31.6. The summed E-state index contributed by atoms with van der Waals surface area (Å²) in [6, 6.07) is 5.26. The number of carbonyl (C=O) groups excluding carboxylic acids is 1. The van der Waals surface area contributed by atoms with Gasteiger partial charge in [-0.15, -0.1) is 0 Å². The number of carboxylic acid groups (broad SMARTS) is 1. The van der Waals surface area contributed by atoms with Crippen molar-refractivity contribution in [2.24, 2.45) is 0 Å². The van der Waals surface area contributed by atoms with Crippen molar-refractivity contribution in [1.82, 2.24) is 0 Å². The molecule has 1 rings (SSSR count). The molecule has 6 nitrogen and oxygen atoms in total. The molecule has 0 aliphatic heterocycles. The topological polar surface area (TPSA) is 97.5 Å². The lowest BCUT2D eigenvalue weighted by Gasteiger charge is -1.99. The molecule has 6 heteroatoms. The van der Waals surface area contributed by atoms with Crippen LogP contribution in [0, 0.1) is 10.1 Å². The predicted molar refractivity (Wildman–Crippen MR) is 58.9 cm³/mol. The molecule has 0 heterocycles. The van der Waals surface area contributed by atoms with E-state index in [0.717, 1.165) is 0 Å². The SMILES string of the molecule is O=C(O)CCCC(=O)c1ccc([N+](=O)[O-])cc1. The van der Waals surface area contributed by atoms with E-state index in [9.17, 15) is 19.7 Å². The third-order valence-electron chi connectivity index (χ3n) is 2.19. The summed E-state index contributed by atoms with van der Waals surface area (Å²) < 4.78 is 0. The average Bonchev–Trinajstić information content (AvgIpc) is 2.28. The third kappa shape index (κ3) is 4.02. The molecule has 90 valence electrons. The molecule has 17 heavy (non-hydrogen) atoms. The van der Waals surface area contributed by atoms with Gasteiger partial charge < -0.3 is 5.11 Å². The number of ketones is 1. The number of carboxylic acids is 1. The molecular weight excluding hydrogens is 226 g/mol. The lowest BCUT2D eigenvalue weighted by Crippen LogP contribution is -2.02. The van der Waals surface area contributed by atoms with Crippen molar-refractivity contribution in [2.75, 3.05) is 0 Å². The Morgan fingerprint density at radius 1 is 1.18 bits per heavy atom. The number of rotatable bonds is 6. The van der Waals surface area contributed by atoms with Gasteiger partial charge in [-0.25, -0.2) is 0 Å². The first-order chi connectivity index (χ1) is 8.00. The van der Waals surface area contributed by atoms with Crippen molar-refractivity contribution < 1.29 is 19.6 Å². The second kappa shape index (κ2) is 5.74. The van der Waals surface area contributed by atoms with Crippen LogP contribution in [0.2, 0.25) is 0 Å². The van der Waals surface area contributed by atoms with Gasteiger partial charge >= 0.3 is 5.97 Å². The normalized spacial score (nSPS) is 9.88. The molecule has 0 aliphatic carbocycles. The zero-order valence-electron chi connectivity index (χ0n) is 8.96. The number of aliphatic carboxylic acids is 1. The largest absolute Gasteiger partial charge is 0.481 e. The minimum Gasteiger partial charge on any atom is -0.481 e. The van der Waals surface area contributed by atoms with Gasteiger partial charge in [-0.1, -0.05) is 0 Å². The summed E-state index contributed by atoms with van der Waals surface area (Å²) in [5.74, 6) is -1.15. The van der Waals surface area contributed by atoms with E-state index in [1.807, 2.05) is 0 Å². The van der Waals surface area contributed by atoms with Crippen LogP contribution in [0.25, 0.3) is 0 Å². The maximum atomic E-state index is 11.5. The number of nitrogens with zero attached hydrogens (tertiary/aromatic N) is 1. The van der Waals surface area contributed by atoms with Gasteiger partial charge in [0.1, 0.15) is 0 Å². The van der Waals surface area contributed by atoms with Gasteiger partial charge in [0.15, 0.2) is 5.78 Å². The second-order valence-electron chi connectivity index (χ2n) is 3.47. The molecule has 0 unspecified atom stereocenters. The Morgan fingerprint density at radius 2 is 1.76 bits per heavy atom. The van der Waals surface area contributed by atoms with Crippen molar-refractivity contribution in [1.29, 1.82) is 0 Å². The van der Waals surface area contributed by atoms with Crippen LogP contribution in [0.5, 0.6) is 0 Å². The van der Waals surface area contributed by atoms with Gasteiger partial charge in [-0.05, 0) is 18.6 Å². The number of benzene rings is 1. The Bertz CT molecular complexity index is 438. The maximum Gasteiger partial charge on any atom is 0.303 e. The van der Waals surface area contributed by atoms with Gasteiger partial charge in [0, 0.05) is 30.5 Å². The van der Waals surface area contributed by atoms with Gasteiger partial charge in [-0.2, -0.15) is 0 Å². The summed E-state index contributed by atoms with van der Waals surface area (Å²) in [5, 5.41) is 18.8. The molecular formula is C11H11NO5. The lowest BCUT2D eigenvalue weighted by atomic mass is 10.1. The number of hydrogen-bond donors (Lipinski definition) is 1. The van der Waals surface area contributed by atoms with E-state index in [-0.39, 0.29) is 30.7 Å². The predicted octanol–water partition coefficient (Wildman–Crippen LogP) is 2.03. The minimum atomic E-state index is -0.943. The fourth-order valence-corrected chi connectivity index (χ4v) is 1.31. The van der Waals surface area contributed by atoms with E-state index in [2.05, 4.69) is 0 Å². The quantitative estimate of drug-likeness (QED) is 0.463. The number of Topliss-reactive ketones (excluding diaryl/α,β-unsaturated/α-hetero) is 1. The highest BCUT2D eigenvalue weighted by molar-refractivity contribution is 5.96. The van der Waals surface area contributed by atoms with Crippen LogP contribution in [-0.4, -0.2) is 21.8 Å². The van der Waals surface area contributed by atoms with Crippen LogP contribution in [0.1, 0.15) is 29.6 Å². The van der Waals surface area contributed by atoms with E-state index in [1.165, 1.54) is 24.3 Å². The van der Waals surface area contributed by atoms with Crippen LogP contribution in [-0.2, 0) is 4.79 Å². The first kappa shape index (κ1) is 12.8. The van der Waals surface area contributed by atoms with Crippen molar-refractivity contribution in [3.05, 3.63) is 39.9 Å². The number of hydrogen-bond acceptors (Lipinski definition) is 4. The molecule has 0 atom stereocenters. The molecule has 0 aromatic heterocycles. The van der Waals surface area contributed by atoms with Crippen molar-refractivity contribution in [2.45, 2.75) is 19.3 Å². The first-order valence-electron chi connectivity index (χ1n) is 5.00. The summed E-state index contributed by atoms with van der Waals surface area (Å²) in [5.41, 5.74) is 0.285. The van der Waals surface area contributed by atoms with E-state index in [0.29, 0.717) is 5.56 Å². The van der Waals surface area contributed by atoms with Crippen LogP contribution in [0.3, 0.4) is 0 Å². The molecule has 1 aromatic carbocycles. The Labute approximate surface area is 97.0 Å². The van der Waals surface area contributed by atoms with Crippen molar-refractivity contribution >= 4 is 17.4 Å². The fraction of sp³-hybridized carbons (Fsp3) is 0.273. The molecule has 0 saturated carbocycles. The molecule has 0 bridgehead atoms. The highest BCUT2D eigenvalue weighted by Crippen LogP contribution is 2.14. The summed E-state index contributed by atoms with van der Waals surface area (Å²) >= 11 is 0. The molecule has 0 spiro atoms. The Balaban J connectivity index is 2.57. The standard InChI is InChI=1S/C11H11NO5/c13-10(2-1-3-11(14)15)8-4-6-9(7-5-8)12(16)17/h4-7H,1-3H2,(H,14,15). The third-order valence-corrected chi connectivity index (χ3v) is 2.19. The van der Waals surface area contributed by atoms with E-state index >= 15 is 0 Å². The monoisotopic (exact) mass is 237 g/mol. The summed E-state index contributed by atoms with van der Waals surface area (Å²) in [6.45, 7) is 0. The van der Waals surface area contributed by atoms with Crippen molar-refractivity contribution in [3.63, 3.8) is 0 Å². The number of carbonyl (C=O) groups is 2. The van der Waals surface area contributed by atoms with Crippen LogP contribution < -0.4 is 0 Å². The minimum absolute atomic E-state index is 0.0568. The number of nitro benzene ring substituents is 1. The van der Waals surface area contributed by atoms with E-state index in [4.69, 9.17) is 5.11 Å². The average molecular weight is 237 g/mol. The van der Waals surface area contributed by atoms with Gasteiger partial charge in [0.05, 0.1) is 4.92 Å². The van der Waals surface area contributed by atoms with E-state index in [1.54, 1.807) is 0 Å². The van der Waals surface area contributed by atoms with Crippen LogP contribution in [0.4, 0.5) is 5.69 Å². The highest BCUT2D eigenvalue weighted by atomic mass is 16.6. The fourth-order valence-electron chi connectivity index (χ4n) is 1.31. The van der Waals surface area contributed by atoms with E-state index < -0.39 is 10.9 Å². The van der Waals surface area contributed by atoms with Gasteiger partial charge in [0.25, 0.3) is 5.69 Å². The lowest BCUT2D eigenvalue weighted by molar-refractivity contribution is -0.384. The molecule has 0 fully saturated rings. The molecule has 0 radical (unpaired) electrons. The zero-order chi connectivity index (χ0) is 12.8. The summed E-state index contributed by atoms with van der Waals surface area (Å²) in [6.07, 6.45) is 0.341. The van der Waals surface area contributed by atoms with Crippen molar-refractivity contribution in [3.8, 4) is 0 Å². The Morgan fingerprint density at radius 3 is 2.24 bits per heavy atom. The molecule has 0 saturated heterocycles. The zero-order valence-corrected chi connectivity index (χ0v) is 8.96. The Hall–Kier alpha value is -2.24. The molecule has 1 aromatic rings. The number of nitro groups is 1.